The maximum absolute atomic E-state index is 12.5. The highest BCUT2D eigenvalue weighted by molar-refractivity contribution is 6.36. The first-order valence-corrected chi connectivity index (χ1v) is 9.79. The van der Waals surface area contributed by atoms with Crippen LogP contribution in [-0.2, 0) is 4.79 Å². The maximum Gasteiger partial charge on any atom is 0.321 e. The molecule has 3 rings (SSSR count). The van der Waals surface area contributed by atoms with Crippen molar-refractivity contribution in [2.24, 2.45) is 0 Å². The monoisotopic (exact) mass is 398 g/mol. The molecule has 2 aliphatic heterocycles. The third-order valence-electron chi connectivity index (χ3n) is 4.87. The van der Waals surface area contributed by atoms with Crippen LogP contribution in [0, 0.1) is 0 Å². The van der Waals surface area contributed by atoms with Gasteiger partial charge in [0.1, 0.15) is 0 Å². The van der Waals surface area contributed by atoms with E-state index in [1.165, 1.54) is 0 Å². The molecule has 2 fully saturated rings. The zero-order chi connectivity index (χ0) is 18.5. The molecule has 0 aliphatic carbocycles. The van der Waals surface area contributed by atoms with Gasteiger partial charge in [0.05, 0.1) is 17.3 Å². The van der Waals surface area contributed by atoms with Gasteiger partial charge in [0.2, 0.25) is 5.91 Å². The van der Waals surface area contributed by atoms with E-state index in [2.05, 4.69) is 10.2 Å². The predicted octanol–water partition coefficient (Wildman–Crippen LogP) is 3.16. The number of carbonyl (C=O) groups excluding carboxylic acids is 2. The van der Waals surface area contributed by atoms with Crippen molar-refractivity contribution in [1.29, 1.82) is 0 Å². The van der Waals surface area contributed by atoms with Crippen LogP contribution in [0.2, 0.25) is 10.0 Å². The molecular weight excluding hydrogens is 375 g/mol. The van der Waals surface area contributed by atoms with Crippen molar-refractivity contribution in [1.82, 2.24) is 14.7 Å². The normalized spacial score (nSPS) is 18.7. The molecule has 0 spiro atoms. The number of carbonyl (C=O) groups is 2. The zero-order valence-electron chi connectivity index (χ0n) is 14.7. The van der Waals surface area contributed by atoms with Crippen molar-refractivity contribution in [2.75, 3.05) is 51.1 Å². The number of likely N-dealkylation sites (tertiary alicyclic amines) is 1. The van der Waals surface area contributed by atoms with Gasteiger partial charge >= 0.3 is 6.03 Å². The van der Waals surface area contributed by atoms with Gasteiger partial charge in [-0.2, -0.15) is 0 Å². The number of hydrogen-bond acceptors (Lipinski definition) is 3. The van der Waals surface area contributed by atoms with Gasteiger partial charge in [-0.05, 0) is 37.5 Å². The van der Waals surface area contributed by atoms with Gasteiger partial charge in [0.25, 0.3) is 0 Å². The number of nitrogens with one attached hydrogen (secondary N) is 1. The lowest BCUT2D eigenvalue weighted by atomic mass is 10.3. The van der Waals surface area contributed by atoms with Crippen molar-refractivity contribution in [3.05, 3.63) is 28.2 Å². The molecule has 0 unspecified atom stereocenters. The van der Waals surface area contributed by atoms with Crippen LogP contribution in [0.3, 0.4) is 0 Å². The van der Waals surface area contributed by atoms with Crippen molar-refractivity contribution in [3.63, 3.8) is 0 Å². The Morgan fingerprint density at radius 2 is 1.65 bits per heavy atom. The number of hydrogen-bond donors (Lipinski definition) is 1. The van der Waals surface area contributed by atoms with Crippen LogP contribution < -0.4 is 5.32 Å². The molecule has 2 saturated heterocycles. The van der Waals surface area contributed by atoms with Gasteiger partial charge in [0.15, 0.2) is 0 Å². The first-order chi connectivity index (χ1) is 12.5. The van der Waals surface area contributed by atoms with Gasteiger partial charge in [-0.25, -0.2) is 4.79 Å². The summed E-state index contributed by atoms with van der Waals surface area (Å²) in [4.78, 5) is 30.7. The quantitative estimate of drug-likeness (QED) is 0.850. The lowest BCUT2D eigenvalue weighted by molar-refractivity contribution is -0.131. The minimum absolute atomic E-state index is 0.179. The van der Waals surface area contributed by atoms with Crippen molar-refractivity contribution >= 4 is 40.8 Å². The van der Waals surface area contributed by atoms with Gasteiger partial charge in [-0.1, -0.05) is 23.2 Å². The largest absolute Gasteiger partial charge is 0.342 e. The van der Waals surface area contributed by atoms with E-state index in [4.69, 9.17) is 23.2 Å². The van der Waals surface area contributed by atoms with E-state index in [0.29, 0.717) is 41.9 Å². The Bertz CT molecular complexity index is 665. The summed E-state index contributed by atoms with van der Waals surface area (Å²) in [5.41, 5.74) is 0.548. The lowest BCUT2D eigenvalue weighted by Gasteiger charge is -2.24. The number of nitrogens with zero attached hydrogens (tertiary/aromatic N) is 3. The average molecular weight is 399 g/mol. The highest BCUT2D eigenvalue weighted by Crippen LogP contribution is 2.25. The van der Waals surface area contributed by atoms with Crippen LogP contribution >= 0.6 is 23.2 Å². The molecule has 0 aromatic heterocycles. The van der Waals surface area contributed by atoms with Crippen molar-refractivity contribution in [3.8, 4) is 0 Å². The van der Waals surface area contributed by atoms with Crippen molar-refractivity contribution in [2.45, 2.75) is 19.3 Å². The summed E-state index contributed by atoms with van der Waals surface area (Å²) in [6, 6.07) is 4.81. The highest BCUT2D eigenvalue weighted by atomic mass is 35.5. The Labute approximate surface area is 164 Å². The Morgan fingerprint density at radius 3 is 2.38 bits per heavy atom. The first kappa shape index (κ1) is 19.3. The number of rotatable bonds is 3. The van der Waals surface area contributed by atoms with Gasteiger partial charge in [-0.3, -0.25) is 9.69 Å². The molecule has 8 heteroatoms. The second-order valence-corrected chi connectivity index (χ2v) is 7.60. The minimum atomic E-state index is -0.179. The van der Waals surface area contributed by atoms with Crippen LogP contribution in [0.5, 0.6) is 0 Å². The summed E-state index contributed by atoms with van der Waals surface area (Å²) in [5, 5.41) is 3.78. The SMILES string of the molecule is O=C(CN1CCCN(C(=O)Nc2ccc(Cl)cc2Cl)CC1)N1CCCC1. The molecular formula is C18H24Cl2N4O2. The van der Waals surface area contributed by atoms with Crippen LogP contribution in [0.4, 0.5) is 10.5 Å². The fourth-order valence-corrected chi connectivity index (χ4v) is 3.83. The molecule has 0 atom stereocenters. The molecule has 0 bridgehead atoms. The molecule has 0 saturated carbocycles. The Kier molecular flexibility index (Phi) is 6.62. The van der Waals surface area contributed by atoms with E-state index in [0.717, 1.165) is 38.9 Å². The van der Waals surface area contributed by atoms with Crippen LogP contribution in [0.1, 0.15) is 19.3 Å². The molecule has 3 amide bonds. The van der Waals surface area contributed by atoms with Gasteiger partial charge < -0.3 is 15.1 Å². The molecule has 0 radical (unpaired) electrons. The second-order valence-electron chi connectivity index (χ2n) is 6.76. The van der Waals surface area contributed by atoms with Crippen LogP contribution in [-0.4, -0.2) is 72.5 Å². The number of benzene rings is 1. The summed E-state index contributed by atoms with van der Waals surface area (Å²) in [7, 11) is 0. The van der Waals surface area contributed by atoms with E-state index in [1.54, 1.807) is 23.1 Å². The lowest BCUT2D eigenvalue weighted by Crippen LogP contribution is -2.41. The van der Waals surface area contributed by atoms with E-state index < -0.39 is 0 Å². The molecule has 26 heavy (non-hydrogen) atoms. The smallest absolute Gasteiger partial charge is 0.321 e. The Hall–Kier alpha value is -1.50. The van der Waals surface area contributed by atoms with Crippen LogP contribution in [0.15, 0.2) is 18.2 Å². The standard InChI is InChI=1S/C18H24Cl2N4O2/c19-14-4-5-16(15(20)12-14)21-18(26)24-9-3-6-22(10-11-24)13-17(25)23-7-1-2-8-23/h4-5,12H,1-3,6-11,13H2,(H,21,26). The summed E-state index contributed by atoms with van der Waals surface area (Å²) in [5.74, 6) is 0.202. The van der Waals surface area contributed by atoms with Crippen LogP contribution in [0.25, 0.3) is 0 Å². The number of amides is 3. The second kappa shape index (κ2) is 8.93. The number of halogens is 2. The molecule has 1 aromatic carbocycles. The summed E-state index contributed by atoms with van der Waals surface area (Å²) >= 11 is 12.0. The summed E-state index contributed by atoms with van der Waals surface area (Å²) < 4.78 is 0. The number of anilines is 1. The van der Waals surface area contributed by atoms with Gasteiger partial charge in [-0.15, -0.1) is 0 Å². The Morgan fingerprint density at radius 1 is 0.923 bits per heavy atom. The third-order valence-corrected chi connectivity index (χ3v) is 5.41. The fraction of sp³-hybridized carbons (Fsp3) is 0.556. The maximum atomic E-state index is 12.5. The average Bonchev–Trinajstić information content (AvgIpc) is 3.05. The molecule has 1 N–H and O–H groups in total. The molecule has 1 aromatic rings. The van der Waals surface area contributed by atoms with E-state index >= 15 is 0 Å². The number of urea groups is 1. The van der Waals surface area contributed by atoms with E-state index in [9.17, 15) is 9.59 Å². The molecule has 142 valence electrons. The third kappa shape index (κ3) is 5.02. The minimum Gasteiger partial charge on any atom is -0.342 e. The van der Waals surface area contributed by atoms with Gasteiger partial charge in [0, 0.05) is 44.3 Å². The topological polar surface area (TPSA) is 55.9 Å². The highest BCUT2D eigenvalue weighted by Gasteiger charge is 2.24. The fourth-order valence-electron chi connectivity index (χ4n) is 3.38. The van der Waals surface area contributed by atoms with E-state index in [1.807, 2.05) is 4.90 Å². The summed E-state index contributed by atoms with van der Waals surface area (Å²) in [6.07, 6.45) is 3.05. The predicted molar refractivity (Wildman–Crippen MR) is 104 cm³/mol. The van der Waals surface area contributed by atoms with E-state index in [-0.39, 0.29) is 11.9 Å². The molecule has 2 heterocycles. The Balaban J connectivity index is 1.51. The molecule has 6 nitrogen and oxygen atoms in total. The summed E-state index contributed by atoms with van der Waals surface area (Å²) in [6.45, 7) is 4.97. The first-order valence-electron chi connectivity index (χ1n) is 9.04. The van der Waals surface area contributed by atoms with Crippen molar-refractivity contribution < 1.29 is 9.59 Å². The zero-order valence-corrected chi connectivity index (χ0v) is 16.2. The molecule has 2 aliphatic rings.